The lowest BCUT2D eigenvalue weighted by Crippen LogP contribution is -2.11. The lowest BCUT2D eigenvalue weighted by Gasteiger charge is -2.07. The zero-order valence-electron chi connectivity index (χ0n) is 12.7. The summed E-state index contributed by atoms with van der Waals surface area (Å²) in [6.45, 7) is 2.13. The van der Waals surface area contributed by atoms with E-state index in [1.807, 2.05) is 43.6 Å². The first-order chi connectivity index (χ1) is 10.8. The Kier molecular flexibility index (Phi) is 4.65. The van der Waals surface area contributed by atoms with Gasteiger partial charge in [-0.2, -0.15) is 0 Å². The predicted molar refractivity (Wildman–Crippen MR) is 89.9 cm³/mol. The minimum absolute atomic E-state index is 0.289. The first-order valence-electron chi connectivity index (χ1n) is 7.24. The first-order valence-corrected chi connectivity index (χ1v) is 8.22. The van der Waals surface area contributed by atoms with Crippen molar-refractivity contribution >= 4 is 11.8 Å². The van der Waals surface area contributed by atoms with Crippen LogP contribution in [0.2, 0.25) is 0 Å². The van der Waals surface area contributed by atoms with Gasteiger partial charge < -0.3 is 5.32 Å². The van der Waals surface area contributed by atoms with Crippen LogP contribution in [0.4, 0.5) is 0 Å². The van der Waals surface area contributed by atoms with E-state index in [0.717, 1.165) is 28.0 Å². The number of imidazole rings is 1. The number of fused-ring (bicyclic) bond motifs is 1. The van der Waals surface area contributed by atoms with E-state index in [4.69, 9.17) is 0 Å². The highest BCUT2D eigenvalue weighted by molar-refractivity contribution is 7.98. The molecule has 112 valence electrons. The van der Waals surface area contributed by atoms with Gasteiger partial charge in [0.1, 0.15) is 0 Å². The molecule has 0 spiro atoms. The van der Waals surface area contributed by atoms with Crippen LogP contribution in [-0.2, 0) is 5.75 Å². The average Bonchev–Trinajstić information content (AvgIpc) is 2.83. The van der Waals surface area contributed by atoms with Crippen molar-refractivity contribution in [1.82, 2.24) is 20.3 Å². The maximum atomic E-state index is 4.64. The molecule has 0 saturated carbocycles. The normalized spacial score (nSPS) is 12.5. The van der Waals surface area contributed by atoms with Gasteiger partial charge in [-0.15, -0.1) is 0 Å². The number of pyridine rings is 1. The van der Waals surface area contributed by atoms with E-state index in [-0.39, 0.29) is 6.04 Å². The molecule has 22 heavy (non-hydrogen) atoms. The molecule has 2 heterocycles. The molecule has 5 heteroatoms. The smallest absolute Gasteiger partial charge is 0.189 e. The van der Waals surface area contributed by atoms with Crippen molar-refractivity contribution in [1.29, 1.82) is 0 Å². The molecule has 0 fully saturated rings. The van der Waals surface area contributed by atoms with Crippen LogP contribution in [0, 0.1) is 0 Å². The Morgan fingerprint density at radius 2 is 1.95 bits per heavy atom. The third-order valence-corrected chi connectivity index (χ3v) is 4.43. The van der Waals surface area contributed by atoms with Gasteiger partial charge in [0, 0.05) is 18.0 Å². The van der Waals surface area contributed by atoms with Gasteiger partial charge in [0.25, 0.3) is 0 Å². The van der Waals surface area contributed by atoms with Gasteiger partial charge in [-0.1, -0.05) is 30.0 Å². The van der Waals surface area contributed by atoms with Crippen molar-refractivity contribution < 1.29 is 0 Å². The molecule has 1 N–H and O–H groups in total. The number of thioether (sulfide) groups is 1. The zero-order chi connectivity index (χ0) is 15.4. The largest absolute Gasteiger partial charge is 0.313 e. The minimum Gasteiger partial charge on any atom is -0.313 e. The molecule has 1 aliphatic heterocycles. The molecule has 3 rings (SSSR count). The molecule has 0 saturated heterocycles. The summed E-state index contributed by atoms with van der Waals surface area (Å²) in [5, 5.41) is 4.05. The van der Waals surface area contributed by atoms with Crippen LogP contribution in [0.25, 0.3) is 11.4 Å². The van der Waals surface area contributed by atoms with Crippen molar-refractivity contribution in [2.75, 3.05) is 7.05 Å². The fourth-order valence-corrected chi connectivity index (χ4v) is 2.93. The molecule has 1 atom stereocenters. The van der Waals surface area contributed by atoms with Crippen LogP contribution < -0.4 is 5.32 Å². The Labute approximate surface area is 134 Å². The van der Waals surface area contributed by atoms with Crippen molar-refractivity contribution in [2.45, 2.75) is 23.9 Å². The first kappa shape index (κ1) is 14.9. The van der Waals surface area contributed by atoms with Crippen LogP contribution in [0.1, 0.15) is 24.2 Å². The summed E-state index contributed by atoms with van der Waals surface area (Å²) in [5.74, 6) is 0.781. The molecular formula is C17H18N4S. The molecule has 0 radical (unpaired) electrons. The number of hydrogen-bond acceptors (Lipinski definition) is 5. The summed E-state index contributed by atoms with van der Waals surface area (Å²) >= 11 is 1.62. The topological polar surface area (TPSA) is 50.7 Å². The fourth-order valence-electron chi connectivity index (χ4n) is 2.15. The highest BCUT2D eigenvalue weighted by Gasteiger charge is 2.12. The van der Waals surface area contributed by atoms with Gasteiger partial charge in [0.15, 0.2) is 5.16 Å². The van der Waals surface area contributed by atoms with E-state index in [1.54, 1.807) is 11.8 Å². The second-order valence-corrected chi connectivity index (χ2v) is 6.01. The summed E-state index contributed by atoms with van der Waals surface area (Å²) < 4.78 is 0. The summed E-state index contributed by atoms with van der Waals surface area (Å²) in [6.07, 6.45) is 1.81. The summed E-state index contributed by atoms with van der Waals surface area (Å²) in [6, 6.07) is 14.5. The second kappa shape index (κ2) is 6.85. The molecule has 1 aromatic heterocycles. The minimum atomic E-state index is 0.289. The van der Waals surface area contributed by atoms with E-state index < -0.39 is 0 Å². The number of aromatic nitrogens is 3. The van der Waals surface area contributed by atoms with Crippen LogP contribution in [0.3, 0.4) is 0 Å². The molecular weight excluding hydrogens is 292 g/mol. The van der Waals surface area contributed by atoms with Crippen molar-refractivity contribution in [3.63, 3.8) is 0 Å². The average molecular weight is 310 g/mol. The highest BCUT2D eigenvalue weighted by atomic mass is 32.2. The van der Waals surface area contributed by atoms with Crippen LogP contribution in [-0.4, -0.2) is 22.0 Å². The predicted octanol–water partition coefficient (Wildman–Crippen LogP) is 3.55. The Balaban J connectivity index is 1.81. The van der Waals surface area contributed by atoms with Gasteiger partial charge in [-0.25, -0.2) is 9.97 Å². The Morgan fingerprint density at radius 1 is 1.09 bits per heavy atom. The van der Waals surface area contributed by atoms with Gasteiger partial charge in [0.05, 0.1) is 17.1 Å². The SMILES string of the molecule is CNC(C)c1cccc2nc(SCc3ccccn3)nc-2c1. The van der Waals surface area contributed by atoms with Crippen LogP contribution >= 0.6 is 11.8 Å². The van der Waals surface area contributed by atoms with E-state index in [2.05, 4.69) is 39.3 Å². The monoisotopic (exact) mass is 310 g/mol. The molecule has 1 unspecified atom stereocenters. The maximum absolute atomic E-state index is 4.64. The van der Waals surface area contributed by atoms with Crippen LogP contribution in [0.5, 0.6) is 0 Å². The van der Waals surface area contributed by atoms with E-state index >= 15 is 0 Å². The Bertz CT molecular complexity index is 717. The van der Waals surface area contributed by atoms with Crippen LogP contribution in [0.15, 0.2) is 53.8 Å². The van der Waals surface area contributed by atoms with Gasteiger partial charge in [-0.3, -0.25) is 4.98 Å². The number of nitrogens with zero attached hydrogens (tertiary/aromatic N) is 3. The number of nitrogens with one attached hydrogen (secondary N) is 1. The Morgan fingerprint density at radius 3 is 2.73 bits per heavy atom. The second-order valence-electron chi connectivity index (χ2n) is 5.07. The fraction of sp³-hybridized carbons (Fsp3) is 0.235. The third-order valence-electron chi connectivity index (χ3n) is 3.55. The van der Waals surface area contributed by atoms with Crippen molar-refractivity contribution in [2.24, 2.45) is 0 Å². The standard InChI is InChI=1S/C17H18N4S/c1-12(18-2)13-6-5-8-15-16(10-13)21-17(20-15)22-11-14-7-3-4-9-19-14/h3-10,12,18H,11H2,1-2H3. The van der Waals surface area contributed by atoms with E-state index in [1.165, 1.54) is 5.56 Å². The van der Waals surface area contributed by atoms with Gasteiger partial charge in [-0.05, 0) is 43.8 Å². The Hall–Kier alpha value is -1.98. The van der Waals surface area contributed by atoms with E-state index in [0.29, 0.717) is 0 Å². The summed E-state index contributed by atoms with van der Waals surface area (Å²) in [4.78, 5) is 13.6. The molecule has 2 aliphatic rings. The molecule has 0 amide bonds. The van der Waals surface area contributed by atoms with Gasteiger partial charge >= 0.3 is 0 Å². The zero-order valence-corrected chi connectivity index (χ0v) is 13.5. The number of hydrogen-bond donors (Lipinski definition) is 1. The molecule has 0 bridgehead atoms. The van der Waals surface area contributed by atoms with Crippen molar-refractivity contribution in [3.05, 3.63) is 59.9 Å². The highest BCUT2D eigenvalue weighted by Crippen LogP contribution is 2.27. The maximum Gasteiger partial charge on any atom is 0.189 e. The molecule has 0 aromatic carbocycles. The van der Waals surface area contributed by atoms with Crippen molar-refractivity contribution in [3.8, 4) is 11.4 Å². The van der Waals surface area contributed by atoms with E-state index in [9.17, 15) is 0 Å². The molecule has 1 aromatic rings. The quantitative estimate of drug-likeness (QED) is 0.730. The summed E-state index contributed by atoms with van der Waals surface area (Å²) in [5.41, 5.74) is 4.11. The molecule has 4 nitrogen and oxygen atoms in total. The molecule has 1 aliphatic carbocycles. The van der Waals surface area contributed by atoms with Gasteiger partial charge in [0.2, 0.25) is 0 Å². The number of rotatable bonds is 5. The lowest BCUT2D eigenvalue weighted by molar-refractivity contribution is 0.653. The lowest BCUT2D eigenvalue weighted by atomic mass is 10.1. The summed E-state index contributed by atoms with van der Waals surface area (Å²) in [7, 11) is 1.96. The third kappa shape index (κ3) is 3.43.